The topological polar surface area (TPSA) is 41.5 Å². The van der Waals surface area contributed by atoms with Crippen molar-refractivity contribution in [1.82, 2.24) is 5.32 Å². The Morgan fingerprint density at radius 2 is 2.17 bits per heavy atom. The van der Waals surface area contributed by atoms with Crippen molar-refractivity contribution < 1.29 is 9.84 Å². The van der Waals surface area contributed by atoms with E-state index < -0.39 is 0 Å². The fourth-order valence-corrected chi connectivity index (χ4v) is 3.17. The molecule has 0 aromatic carbocycles. The predicted molar refractivity (Wildman–Crippen MR) is 73.6 cm³/mol. The van der Waals surface area contributed by atoms with Crippen LogP contribution < -0.4 is 5.32 Å². The second-order valence-corrected chi connectivity index (χ2v) is 6.20. The van der Waals surface area contributed by atoms with Crippen LogP contribution in [0.15, 0.2) is 0 Å². The standard InChI is InChI=1S/C15H29NO2/c1-3-12(2)18-10-8-13-5-4-9-15(13,11-17)16-14-6-7-14/h12-14,16-17H,3-11H2,1-2H3. The molecule has 0 radical (unpaired) electrons. The molecular formula is C15H29NO2. The monoisotopic (exact) mass is 255 g/mol. The number of aliphatic hydroxyl groups excluding tert-OH is 1. The molecule has 2 rings (SSSR count). The Balaban J connectivity index is 1.81. The van der Waals surface area contributed by atoms with E-state index >= 15 is 0 Å². The van der Waals surface area contributed by atoms with Crippen LogP contribution in [0.5, 0.6) is 0 Å². The van der Waals surface area contributed by atoms with Crippen LogP contribution in [0.3, 0.4) is 0 Å². The molecule has 0 aromatic heterocycles. The summed E-state index contributed by atoms with van der Waals surface area (Å²) in [5, 5.41) is 13.5. The lowest BCUT2D eigenvalue weighted by Crippen LogP contribution is -2.52. The van der Waals surface area contributed by atoms with Gasteiger partial charge in [-0.25, -0.2) is 0 Å². The average molecular weight is 255 g/mol. The molecule has 2 saturated carbocycles. The first-order valence-electron chi connectivity index (χ1n) is 7.70. The third-order valence-corrected chi connectivity index (χ3v) is 4.75. The molecule has 3 atom stereocenters. The molecule has 0 heterocycles. The third-order valence-electron chi connectivity index (χ3n) is 4.75. The highest BCUT2D eigenvalue weighted by Crippen LogP contribution is 2.40. The van der Waals surface area contributed by atoms with E-state index in [2.05, 4.69) is 19.2 Å². The lowest BCUT2D eigenvalue weighted by molar-refractivity contribution is 0.0380. The van der Waals surface area contributed by atoms with Gasteiger partial charge in [0, 0.05) is 18.2 Å². The lowest BCUT2D eigenvalue weighted by Gasteiger charge is -2.35. The smallest absolute Gasteiger partial charge is 0.0616 e. The van der Waals surface area contributed by atoms with E-state index in [-0.39, 0.29) is 12.1 Å². The Labute approximate surface area is 111 Å². The minimum absolute atomic E-state index is 0.0000204. The SMILES string of the molecule is CCC(C)OCCC1CCCC1(CO)NC1CC1. The summed E-state index contributed by atoms with van der Waals surface area (Å²) in [5.41, 5.74) is -0.0000204. The quantitative estimate of drug-likeness (QED) is 0.700. The van der Waals surface area contributed by atoms with Crippen molar-refractivity contribution >= 4 is 0 Å². The molecule has 2 fully saturated rings. The summed E-state index contributed by atoms with van der Waals surface area (Å²) >= 11 is 0. The number of hydrogen-bond donors (Lipinski definition) is 2. The summed E-state index contributed by atoms with van der Waals surface area (Å²) in [7, 11) is 0. The van der Waals surface area contributed by atoms with Crippen molar-refractivity contribution in [3.05, 3.63) is 0 Å². The number of hydrogen-bond acceptors (Lipinski definition) is 3. The molecule has 0 aliphatic heterocycles. The minimum Gasteiger partial charge on any atom is -0.394 e. The van der Waals surface area contributed by atoms with E-state index in [9.17, 15) is 5.11 Å². The van der Waals surface area contributed by atoms with Gasteiger partial charge in [-0.05, 0) is 51.4 Å². The minimum atomic E-state index is -0.0000204. The zero-order valence-electron chi connectivity index (χ0n) is 12.0. The Kier molecular flexibility index (Phi) is 5.05. The van der Waals surface area contributed by atoms with Gasteiger partial charge in [0.2, 0.25) is 0 Å². The molecular weight excluding hydrogens is 226 g/mol. The first-order chi connectivity index (χ1) is 8.70. The van der Waals surface area contributed by atoms with Gasteiger partial charge >= 0.3 is 0 Å². The zero-order valence-corrected chi connectivity index (χ0v) is 12.0. The van der Waals surface area contributed by atoms with Gasteiger partial charge in [0.25, 0.3) is 0 Å². The van der Waals surface area contributed by atoms with Crippen LogP contribution >= 0.6 is 0 Å². The molecule has 3 nitrogen and oxygen atoms in total. The number of ether oxygens (including phenoxy) is 1. The van der Waals surface area contributed by atoms with Gasteiger partial charge in [-0.15, -0.1) is 0 Å². The Morgan fingerprint density at radius 3 is 2.78 bits per heavy atom. The summed E-state index contributed by atoms with van der Waals surface area (Å²) in [5.74, 6) is 0.590. The van der Waals surface area contributed by atoms with Gasteiger partial charge in [0.05, 0.1) is 12.7 Å². The maximum absolute atomic E-state index is 9.81. The molecule has 0 bridgehead atoms. The van der Waals surface area contributed by atoms with Crippen LogP contribution in [0.4, 0.5) is 0 Å². The van der Waals surface area contributed by atoms with Gasteiger partial charge in [-0.1, -0.05) is 13.3 Å². The number of nitrogens with one attached hydrogen (secondary N) is 1. The van der Waals surface area contributed by atoms with Gasteiger partial charge in [0.1, 0.15) is 0 Å². The Hall–Kier alpha value is -0.120. The average Bonchev–Trinajstić information content (AvgIpc) is 3.10. The Morgan fingerprint density at radius 1 is 1.39 bits per heavy atom. The normalized spacial score (nSPS) is 33.8. The fraction of sp³-hybridized carbons (Fsp3) is 1.00. The first-order valence-corrected chi connectivity index (χ1v) is 7.70. The lowest BCUT2D eigenvalue weighted by atomic mass is 9.85. The second-order valence-electron chi connectivity index (χ2n) is 6.20. The molecule has 18 heavy (non-hydrogen) atoms. The summed E-state index contributed by atoms with van der Waals surface area (Å²) in [6.07, 6.45) is 8.73. The van der Waals surface area contributed by atoms with E-state index in [0.29, 0.717) is 18.1 Å². The van der Waals surface area contributed by atoms with E-state index in [1.807, 2.05) is 0 Å². The molecule has 2 aliphatic carbocycles. The van der Waals surface area contributed by atoms with Crippen LogP contribution in [0.25, 0.3) is 0 Å². The van der Waals surface area contributed by atoms with Gasteiger partial charge in [-0.2, -0.15) is 0 Å². The van der Waals surface area contributed by atoms with E-state index in [4.69, 9.17) is 4.74 Å². The molecule has 0 amide bonds. The maximum Gasteiger partial charge on any atom is 0.0616 e. The summed E-state index contributed by atoms with van der Waals surface area (Å²) in [6.45, 7) is 5.43. The predicted octanol–water partition coefficient (Wildman–Crippen LogP) is 2.47. The van der Waals surface area contributed by atoms with Crippen molar-refractivity contribution in [2.75, 3.05) is 13.2 Å². The van der Waals surface area contributed by atoms with Crippen LogP contribution in [0.2, 0.25) is 0 Å². The largest absolute Gasteiger partial charge is 0.394 e. The van der Waals surface area contributed by atoms with Gasteiger partial charge in [0.15, 0.2) is 0 Å². The third kappa shape index (κ3) is 3.46. The van der Waals surface area contributed by atoms with Crippen molar-refractivity contribution in [2.45, 2.75) is 76.5 Å². The summed E-state index contributed by atoms with van der Waals surface area (Å²) in [4.78, 5) is 0. The van der Waals surface area contributed by atoms with Crippen molar-refractivity contribution in [3.63, 3.8) is 0 Å². The van der Waals surface area contributed by atoms with Gasteiger partial charge < -0.3 is 15.2 Å². The van der Waals surface area contributed by atoms with Crippen LogP contribution in [0, 0.1) is 5.92 Å². The van der Waals surface area contributed by atoms with E-state index in [1.165, 1.54) is 25.7 Å². The van der Waals surface area contributed by atoms with Crippen molar-refractivity contribution in [1.29, 1.82) is 0 Å². The van der Waals surface area contributed by atoms with Crippen LogP contribution in [-0.4, -0.2) is 36.0 Å². The van der Waals surface area contributed by atoms with Crippen molar-refractivity contribution in [2.24, 2.45) is 5.92 Å². The zero-order chi connectivity index (χ0) is 13.0. The summed E-state index contributed by atoms with van der Waals surface area (Å²) in [6, 6.07) is 0.674. The first kappa shape index (κ1) is 14.3. The number of rotatable bonds is 8. The van der Waals surface area contributed by atoms with Crippen LogP contribution in [-0.2, 0) is 4.74 Å². The van der Waals surface area contributed by atoms with E-state index in [0.717, 1.165) is 25.9 Å². The molecule has 0 aromatic rings. The molecule has 106 valence electrons. The maximum atomic E-state index is 9.81. The highest BCUT2D eigenvalue weighted by atomic mass is 16.5. The fourth-order valence-electron chi connectivity index (χ4n) is 3.17. The van der Waals surface area contributed by atoms with Crippen LogP contribution in [0.1, 0.15) is 58.8 Å². The number of aliphatic hydroxyl groups is 1. The van der Waals surface area contributed by atoms with Gasteiger partial charge in [-0.3, -0.25) is 0 Å². The molecule has 3 unspecified atom stereocenters. The van der Waals surface area contributed by atoms with Crippen molar-refractivity contribution in [3.8, 4) is 0 Å². The molecule has 0 saturated heterocycles. The second kappa shape index (κ2) is 6.36. The molecule has 0 spiro atoms. The molecule has 2 N–H and O–H groups in total. The molecule has 2 aliphatic rings. The summed E-state index contributed by atoms with van der Waals surface area (Å²) < 4.78 is 5.80. The van der Waals surface area contributed by atoms with E-state index in [1.54, 1.807) is 0 Å². The highest BCUT2D eigenvalue weighted by molar-refractivity contribution is 5.02. The molecule has 3 heteroatoms. The highest BCUT2D eigenvalue weighted by Gasteiger charge is 2.44. The Bertz CT molecular complexity index is 255.